The minimum absolute atomic E-state index is 0.0425. The molecule has 0 saturated heterocycles. The highest BCUT2D eigenvalue weighted by Gasteiger charge is 2.38. The van der Waals surface area contributed by atoms with Crippen LogP contribution in [0.4, 0.5) is 5.82 Å². The minimum Gasteiger partial charge on any atom is -0.382 e. The normalized spacial score (nSPS) is 18.0. The molecular weight excluding hydrogens is 262 g/mol. The fourth-order valence-electron chi connectivity index (χ4n) is 1.32. The summed E-state index contributed by atoms with van der Waals surface area (Å²) in [4.78, 5) is 3.77. The number of nitrogens with two attached hydrogens (primary N) is 1. The van der Waals surface area contributed by atoms with Gasteiger partial charge < -0.3 is 5.73 Å². The van der Waals surface area contributed by atoms with Gasteiger partial charge in [-0.15, -0.1) is 0 Å². The topological polar surface area (TPSA) is 85.1 Å². The second-order valence-electron chi connectivity index (χ2n) is 4.67. The van der Waals surface area contributed by atoms with E-state index in [1.54, 1.807) is 0 Å². The van der Waals surface area contributed by atoms with Crippen LogP contribution in [0.3, 0.4) is 0 Å². The largest absolute Gasteiger partial charge is 0.382 e. The summed E-state index contributed by atoms with van der Waals surface area (Å²) >= 11 is 5.74. The molecular formula is C10H14ClN3O2S. The lowest BCUT2D eigenvalue weighted by atomic mass is 10.2. The fourth-order valence-corrected chi connectivity index (χ4v) is 2.72. The number of hydrogen-bond acceptors (Lipinski definition) is 4. The van der Waals surface area contributed by atoms with Crippen LogP contribution in [0.15, 0.2) is 17.2 Å². The Bertz CT molecular complexity index is 540. The number of sulfonamides is 1. The molecule has 1 heterocycles. The molecule has 0 bridgehead atoms. The monoisotopic (exact) mass is 275 g/mol. The van der Waals surface area contributed by atoms with Gasteiger partial charge in [0.25, 0.3) is 0 Å². The Balaban J connectivity index is 2.16. The number of rotatable bonds is 4. The van der Waals surface area contributed by atoms with E-state index in [9.17, 15) is 8.42 Å². The van der Waals surface area contributed by atoms with Crippen molar-refractivity contribution in [2.75, 3.05) is 12.3 Å². The van der Waals surface area contributed by atoms with E-state index in [4.69, 9.17) is 17.3 Å². The predicted molar refractivity (Wildman–Crippen MR) is 66.2 cm³/mol. The third-order valence-corrected chi connectivity index (χ3v) is 4.62. The highest BCUT2D eigenvalue weighted by atomic mass is 35.5. The molecule has 0 aliphatic heterocycles. The second kappa shape index (κ2) is 4.12. The number of halogens is 1. The van der Waals surface area contributed by atoms with Crippen LogP contribution in [0, 0.1) is 5.41 Å². The Kier molecular flexibility index (Phi) is 3.05. The number of nitrogens with one attached hydrogen (secondary N) is 1. The van der Waals surface area contributed by atoms with Gasteiger partial charge in [-0.3, -0.25) is 0 Å². The van der Waals surface area contributed by atoms with E-state index in [-0.39, 0.29) is 21.2 Å². The highest BCUT2D eigenvalue weighted by molar-refractivity contribution is 7.89. The van der Waals surface area contributed by atoms with Gasteiger partial charge in [-0.2, -0.15) is 0 Å². The maximum atomic E-state index is 11.9. The van der Waals surface area contributed by atoms with Crippen molar-refractivity contribution in [1.82, 2.24) is 9.71 Å². The van der Waals surface area contributed by atoms with E-state index in [1.165, 1.54) is 12.3 Å². The molecule has 0 amide bonds. The van der Waals surface area contributed by atoms with Crippen molar-refractivity contribution in [3.63, 3.8) is 0 Å². The Hall–Kier alpha value is -0.850. The molecule has 0 aromatic carbocycles. The number of nitrogens with zero attached hydrogens (tertiary/aromatic N) is 1. The third kappa shape index (κ3) is 2.88. The van der Waals surface area contributed by atoms with Crippen molar-refractivity contribution in [2.45, 2.75) is 24.7 Å². The Morgan fingerprint density at radius 2 is 2.24 bits per heavy atom. The van der Waals surface area contributed by atoms with Crippen LogP contribution in [0.2, 0.25) is 5.02 Å². The number of hydrogen-bond donors (Lipinski definition) is 2. The lowest BCUT2D eigenvalue weighted by Gasteiger charge is -2.11. The van der Waals surface area contributed by atoms with Crippen LogP contribution in [0.5, 0.6) is 0 Å². The summed E-state index contributed by atoms with van der Waals surface area (Å²) in [5, 5.41) is 0.144. The average Bonchev–Trinajstić information content (AvgIpc) is 2.99. The summed E-state index contributed by atoms with van der Waals surface area (Å²) in [5.41, 5.74) is 5.54. The zero-order valence-electron chi connectivity index (χ0n) is 9.40. The Labute approximate surface area is 105 Å². The molecule has 0 atom stereocenters. The van der Waals surface area contributed by atoms with Crippen molar-refractivity contribution in [2.24, 2.45) is 5.41 Å². The molecule has 1 aromatic rings. The number of nitrogen functional groups attached to an aromatic ring is 1. The standard InChI is InChI=1S/C10H14ClN3O2S/c1-10(2-3-10)6-14-17(15,16)7-4-8(11)9(12)13-5-7/h4-5,14H,2-3,6H2,1H3,(H2,12,13). The van der Waals surface area contributed by atoms with E-state index >= 15 is 0 Å². The van der Waals surface area contributed by atoms with E-state index in [0.29, 0.717) is 6.54 Å². The zero-order valence-corrected chi connectivity index (χ0v) is 11.0. The van der Waals surface area contributed by atoms with E-state index in [0.717, 1.165) is 12.8 Å². The van der Waals surface area contributed by atoms with Crippen molar-refractivity contribution in [1.29, 1.82) is 0 Å². The highest BCUT2D eigenvalue weighted by Crippen LogP contribution is 2.44. The van der Waals surface area contributed by atoms with E-state index in [1.807, 2.05) is 6.92 Å². The first kappa shape index (κ1) is 12.6. The van der Waals surface area contributed by atoms with Crippen LogP contribution in [0.1, 0.15) is 19.8 Å². The fraction of sp³-hybridized carbons (Fsp3) is 0.500. The SMILES string of the molecule is CC1(CNS(=O)(=O)c2cnc(N)c(Cl)c2)CC1. The maximum Gasteiger partial charge on any atom is 0.242 e. The number of pyridine rings is 1. The quantitative estimate of drug-likeness (QED) is 0.870. The molecule has 94 valence electrons. The molecule has 17 heavy (non-hydrogen) atoms. The number of anilines is 1. The lowest BCUT2D eigenvalue weighted by Crippen LogP contribution is -2.29. The van der Waals surface area contributed by atoms with Gasteiger partial charge in [-0.1, -0.05) is 18.5 Å². The van der Waals surface area contributed by atoms with E-state index in [2.05, 4.69) is 9.71 Å². The summed E-state index contributed by atoms with van der Waals surface area (Å²) in [6, 6.07) is 1.31. The molecule has 0 spiro atoms. The van der Waals surface area contributed by atoms with Crippen molar-refractivity contribution >= 4 is 27.4 Å². The van der Waals surface area contributed by atoms with Crippen LogP contribution >= 0.6 is 11.6 Å². The summed E-state index contributed by atoms with van der Waals surface area (Å²) < 4.78 is 26.4. The molecule has 1 saturated carbocycles. The van der Waals surface area contributed by atoms with Gasteiger partial charge in [-0.05, 0) is 24.3 Å². The van der Waals surface area contributed by atoms with Gasteiger partial charge in [0.2, 0.25) is 10.0 Å². The lowest BCUT2D eigenvalue weighted by molar-refractivity contribution is 0.530. The Morgan fingerprint density at radius 1 is 1.59 bits per heavy atom. The molecule has 7 heteroatoms. The van der Waals surface area contributed by atoms with Crippen molar-refractivity contribution in [3.05, 3.63) is 17.3 Å². The number of aromatic nitrogens is 1. The van der Waals surface area contributed by atoms with Crippen molar-refractivity contribution in [3.8, 4) is 0 Å². The molecule has 1 aromatic heterocycles. The summed E-state index contributed by atoms with van der Waals surface area (Å²) in [6.07, 6.45) is 3.31. The zero-order chi connectivity index (χ0) is 12.7. The van der Waals surface area contributed by atoms with Gasteiger partial charge in [0.1, 0.15) is 10.7 Å². The van der Waals surface area contributed by atoms with Gasteiger partial charge in [0.05, 0.1) is 5.02 Å². The smallest absolute Gasteiger partial charge is 0.242 e. The molecule has 1 aliphatic carbocycles. The average molecular weight is 276 g/mol. The minimum atomic E-state index is -3.55. The third-order valence-electron chi connectivity index (χ3n) is 2.95. The second-order valence-corrected chi connectivity index (χ2v) is 6.85. The van der Waals surface area contributed by atoms with Gasteiger partial charge in [0, 0.05) is 12.7 Å². The summed E-state index contributed by atoms with van der Waals surface area (Å²) in [7, 11) is -3.55. The summed E-state index contributed by atoms with van der Waals surface area (Å²) in [5.74, 6) is 0.125. The van der Waals surface area contributed by atoms with Gasteiger partial charge >= 0.3 is 0 Å². The van der Waals surface area contributed by atoms with Crippen LogP contribution < -0.4 is 10.5 Å². The van der Waals surface area contributed by atoms with E-state index < -0.39 is 10.0 Å². The molecule has 1 aliphatic rings. The van der Waals surface area contributed by atoms with Gasteiger partial charge in [0.15, 0.2) is 0 Å². The van der Waals surface area contributed by atoms with Crippen LogP contribution in [-0.4, -0.2) is 19.9 Å². The summed E-state index contributed by atoms with van der Waals surface area (Å²) in [6.45, 7) is 2.49. The molecule has 3 N–H and O–H groups in total. The van der Waals surface area contributed by atoms with Gasteiger partial charge in [-0.25, -0.2) is 18.1 Å². The van der Waals surface area contributed by atoms with Crippen LogP contribution in [0.25, 0.3) is 0 Å². The first-order valence-electron chi connectivity index (χ1n) is 5.23. The van der Waals surface area contributed by atoms with Crippen molar-refractivity contribution < 1.29 is 8.42 Å². The first-order chi connectivity index (χ1) is 7.82. The first-order valence-corrected chi connectivity index (χ1v) is 7.09. The maximum absolute atomic E-state index is 11.9. The molecule has 5 nitrogen and oxygen atoms in total. The Morgan fingerprint density at radius 3 is 2.76 bits per heavy atom. The molecule has 2 rings (SSSR count). The molecule has 0 unspecified atom stereocenters. The molecule has 1 fully saturated rings. The molecule has 0 radical (unpaired) electrons. The predicted octanol–water partition coefficient (Wildman–Crippen LogP) is 1.40. The van der Waals surface area contributed by atoms with Crippen LogP contribution in [-0.2, 0) is 10.0 Å².